The van der Waals surface area contributed by atoms with Crippen LogP contribution in [0.1, 0.15) is 75.7 Å². The van der Waals surface area contributed by atoms with E-state index in [1.165, 1.54) is 32.1 Å². The Kier molecular flexibility index (Phi) is 6.25. The molecule has 1 saturated carbocycles. The minimum Gasteiger partial charge on any atom is -0.463 e. The topological polar surface area (TPSA) is 70.7 Å². The van der Waals surface area contributed by atoms with Crippen LogP contribution < -0.4 is 5.32 Å². The highest BCUT2D eigenvalue weighted by Crippen LogP contribution is 2.33. The SMILES string of the molecule is CC1CCCCC1NC(=O)C1(C)Cn2c(cc3occc32)C(=O)N1CCN1CCCCCC1. The maximum absolute atomic E-state index is 13.8. The van der Waals surface area contributed by atoms with Crippen LogP contribution in [0.5, 0.6) is 0 Å². The zero-order valence-electron chi connectivity index (χ0n) is 20.1. The fourth-order valence-corrected chi connectivity index (χ4v) is 6.08. The van der Waals surface area contributed by atoms with Gasteiger partial charge in [0.05, 0.1) is 18.3 Å². The molecule has 7 heteroatoms. The van der Waals surface area contributed by atoms with Crippen LogP contribution in [0.15, 0.2) is 22.8 Å². The van der Waals surface area contributed by atoms with Gasteiger partial charge in [0.25, 0.3) is 5.91 Å². The highest BCUT2D eigenvalue weighted by atomic mass is 16.3. The second kappa shape index (κ2) is 9.16. The Morgan fingerprint density at radius 2 is 1.88 bits per heavy atom. The van der Waals surface area contributed by atoms with Crippen molar-refractivity contribution in [2.24, 2.45) is 5.92 Å². The lowest BCUT2D eigenvalue weighted by atomic mass is 9.85. The molecule has 1 saturated heterocycles. The molecule has 33 heavy (non-hydrogen) atoms. The largest absolute Gasteiger partial charge is 0.463 e. The van der Waals surface area contributed by atoms with Crippen molar-refractivity contribution in [3.63, 3.8) is 0 Å². The fraction of sp³-hybridized carbons (Fsp3) is 0.692. The average Bonchev–Trinajstić information content (AvgIpc) is 3.29. The standard InChI is InChI=1S/C26H38N4O3/c1-19-9-5-6-10-20(19)27-25(32)26(2)18-29-21-11-16-33-23(21)17-22(29)24(31)30(26)15-14-28-12-7-3-4-8-13-28/h11,16-17,19-20H,3-10,12-15,18H2,1-2H3,(H,27,32). The molecule has 4 heterocycles. The fourth-order valence-electron chi connectivity index (χ4n) is 6.08. The van der Waals surface area contributed by atoms with Gasteiger partial charge in [0.2, 0.25) is 5.91 Å². The van der Waals surface area contributed by atoms with Gasteiger partial charge in [-0.15, -0.1) is 0 Å². The van der Waals surface area contributed by atoms with Crippen molar-refractivity contribution >= 4 is 22.9 Å². The third-order valence-corrected chi connectivity index (χ3v) is 8.30. The monoisotopic (exact) mass is 454 g/mol. The van der Waals surface area contributed by atoms with Crippen LogP contribution >= 0.6 is 0 Å². The summed E-state index contributed by atoms with van der Waals surface area (Å²) in [5.74, 6) is 0.372. The summed E-state index contributed by atoms with van der Waals surface area (Å²) in [7, 11) is 0. The van der Waals surface area contributed by atoms with E-state index in [2.05, 4.69) is 17.1 Å². The number of hydrogen-bond donors (Lipinski definition) is 1. The summed E-state index contributed by atoms with van der Waals surface area (Å²) in [5.41, 5.74) is 1.28. The number of aromatic nitrogens is 1. The third-order valence-electron chi connectivity index (χ3n) is 8.30. The zero-order chi connectivity index (χ0) is 23.0. The molecule has 180 valence electrons. The van der Waals surface area contributed by atoms with Gasteiger partial charge in [0.1, 0.15) is 11.2 Å². The van der Waals surface area contributed by atoms with Crippen LogP contribution in [0.4, 0.5) is 0 Å². The average molecular weight is 455 g/mol. The van der Waals surface area contributed by atoms with E-state index in [0.717, 1.165) is 44.4 Å². The summed E-state index contributed by atoms with van der Waals surface area (Å²) < 4.78 is 7.57. The number of likely N-dealkylation sites (tertiary alicyclic amines) is 1. The van der Waals surface area contributed by atoms with Crippen molar-refractivity contribution in [1.82, 2.24) is 19.7 Å². The van der Waals surface area contributed by atoms with Crippen LogP contribution in [0.2, 0.25) is 0 Å². The van der Waals surface area contributed by atoms with Gasteiger partial charge in [0.15, 0.2) is 5.58 Å². The van der Waals surface area contributed by atoms with Crippen molar-refractivity contribution < 1.29 is 14.0 Å². The van der Waals surface area contributed by atoms with E-state index in [1.807, 2.05) is 28.5 Å². The van der Waals surface area contributed by atoms with Crippen molar-refractivity contribution in [3.8, 4) is 0 Å². The van der Waals surface area contributed by atoms with Gasteiger partial charge in [-0.2, -0.15) is 0 Å². The molecule has 3 aliphatic rings. The molecule has 0 spiro atoms. The summed E-state index contributed by atoms with van der Waals surface area (Å²) in [4.78, 5) is 31.9. The van der Waals surface area contributed by atoms with Gasteiger partial charge in [-0.3, -0.25) is 9.59 Å². The molecule has 0 aromatic carbocycles. The maximum atomic E-state index is 13.8. The minimum absolute atomic E-state index is 0.0264. The first-order valence-electron chi connectivity index (χ1n) is 12.9. The molecule has 1 aliphatic carbocycles. The van der Waals surface area contributed by atoms with Crippen LogP contribution in [0, 0.1) is 5.92 Å². The van der Waals surface area contributed by atoms with E-state index >= 15 is 0 Å². The molecule has 2 aromatic heterocycles. The Labute approximate surface area is 196 Å². The first kappa shape index (κ1) is 22.5. The van der Waals surface area contributed by atoms with Gasteiger partial charge >= 0.3 is 0 Å². The molecular weight excluding hydrogens is 416 g/mol. The third kappa shape index (κ3) is 4.20. The van der Waals surface area contributed by atoms with Gasteiger partial charge in [-0.25, -0.2) is 0 Å². The summed E-state index contributed by atoms with van der Waals surface area (Å²) >= 11 is 0. The number of amides is 2. The number of fused-ring (bicyclic) bond motifs is 3. The molecule has 3 unspecified atom stereocenters. The van der Waals surface area contributed by atoms with E-state index in [-0.39, 0.29) is 17.9 Å². The highest BCUT2D eigenvalue weighted by Gasteiger charge is 2.48. The molecule has 0 radical (unpaired) electrons. The smallest absolute Gasteiger partial charge is 0.271 e. The quantitative estimate of drug-likeness (QED) is 0.741. The Morgan fingerprint density at radius 1 is 1.12 bits per heavy atom. The van der Waals surface area contributed by atoms with Crippen molar-refractivity contribution in [1.29, 1.82) is 0 Å². The predicted octanol–water partition coefficient (Wildman–Crippen LogP) is 4.02. The maximum Gasteiger partial charge on any atom is 0.271 e. The van der Waals surface area contributed by atoms with E-state index in [0.29, 0.717) is 30.3 Å². The van der Waals surface area contributed by atoms with Crippen LogP contribution in [-0.2, 0) is 11.3 Å². The zero-order valence-corrected chi connectivity index (χ0v) is 20.1. The number of furan rings is 1. The number of carbonyl (C=O) groups is 2. The molecule has 7 nitrogen and oxygen atoms in total. The molecule has 1 N–H and O–H groups in total. The Hall–Kier alpha value is -2.28. The van der Waals surface area contributed by atoms with Crippen LogP contribution in [0.3, 0.4) is 0 Å². The Morgan fingerprint density at radius 3 is 2.64 bits per heavy atom. The summed E-state index contributed by atoms with van der Waals surface area (Å²) in [6, 6.07) is 3.91. The molecule has 2 aliphatic heterocycles. The lowest BCUT2D eigenvalue weighted by Gasteiger charge is -2.45. The van der Waals surface area contributed by atoms with Crippen molar-refractivity contribution in [2.45, 2.75) is 83.3 Å². The molecule has 2 amide bonds. The molecule has 2 fully saturated rings. The number of nitrogens with one attached hydrogen (secondary N) is 1. The number of hydrogen-bond acceptors (Lipinski definition) is 4. The highest BCUT2D eigenvalue weighted by molar-refractivity contribution is 6.02. The predicted molar refractivity (Wildman–Crippen MR) is 128 cm³/mol. The molecule has 0 bridgehead atoms. The second-order valence-corrected chi connectivity index (χ2v) is 10.6. The number of carbonyl (C=O) groups excluding carboxylic acids is 2. The molecule has 5 rings (SSSR count). The lowest BCUT2D eigenvalue weighted by Crippen LogP contribution is -2.66. The first-order chi connectivity index (χ1) is 16.0. The van der Waals surface area contributed by atoms with Gasteiger partial charge in [0, 0.05) is 31.3 Å². The van der Waals surface area contributed by atoms with E-state index in [9.17, 15) is 9.59 Å². The first-order valence-corrected chi connectivity index (χ1v) is 12.9. The van der Waals surface area contributed by atoms with Crippen molar-refractivity contribution in [3.05, 3.63) is 24.1 Å². The summed E-state index contributed by atoms with van der Waals surface area (Å²) in [5, 5.41) is 3.36. The van der Waals surface area contributed by atoms with Gasteiger partial charge in [-0.1, -0.05) is 32.6 Å². The normalized spacial score (nSPS) is 29.2. The molecule has 3 atom stereocenters. The summed E-state index contributed by atoms with van der Waals surface area (Å²) in [6.07, 6.45) is 11.2. The molecule has 2 aromatic rings. The lowest BCUT2D eigenvalue weighted by molar-refractivity contribution is -0.134. The van der Waals surface area contributed by atoms with E-state index in [4.69, 9.17) is 4.42 Å². The minimum atomic E-state index is -0.934. The molecular formula is C26H38N4O3. The number of rotatable bonds is 5. The van der Waals surface area contributed by atoms with Crippen LogP contribution in [0.25, 0.3) is 11.1 Å². The second-order valence-electron chi connectivity index (χ2n) is 10.6. The van der Waals surface area contributed by atoms with Crippen molar-refractivity contribution in [2.75, 3.05) is 26.2 Å². The Bertz CT molecular complexity index is 1000. The number of nitrogens with zero attached hydrogens (tertiary/aromatic N) is 3. The van der Waals surface area contributed by atoms with E-state index < -0.39 is 5.54 Å². The Balaban J connectivity index is 1.42. The summed E-state index contributed by atoms with van der Waals surface area (Å²) in [6.45, 7) is 8.16. The van der Waals surface area contributed by atoms with Gasteiger partial charge < -0.3 is 24.1 Å². The van der Waals surface area contributed by atoms with E-state index in [1.54, 1.807) is 6.26 Å². The van der Waals surface area contributed by atoms with Crippen LogP contribution in [-0.4, -0.2) is 63.9 Å². The van der Waals surface area contributed by atoms with Gasteiger partial charge in [-0.05, 0) is 51.6 Å².